The number of phenols is 1. The van der Waals surface area contributed by atoms with E-state index in [4.69, 9.17) is 4.42 Å². The van der Waals surface area contributed by atoms with Crippen molar-refractivity contribution in [3.8, 4) is 17.2 Å². The highest BCUT2D eigenvalue weighted by atomic mass is 32.1. The first-order chi connectivity index (χ1) is 11.0. The lowest BCUT2D eigenvalue weighted by Gasteiger charge is -2.12. The Morgan fingerprint density at radius 3 is 2.39 bits per heavy atom. The van der Waals surface area contributed by atoms with Crippen LogP contribution in [0.1, 0.15) is 33.4 Å². The van der Waals surface area contributed by atoms with Gasteiger partial charge < -0.3 is 9.52 Å². The molecule has 4 nitrogen and oxygen atoms in total. The Balaban J connectivity index is 1.94. The average Bonchev–Trinajstić information content (AvgIpc) is 3.01. The molecule has 3 rings (SSSR count). The smallest absolute Gasteiger partial charge is 0.247 e. The number of aromatic nitrogens is 2. The van der Waals surface area contributed by atoms with Gasteiger partial charge in [-0.05, 0) is 55.7 Å². The molecular formula is C18H18N2O2S. The molecule has 1 atom stereocenters. The van der Waals surface area contributed by atoms with Crippen LogP contribution in [-0.4, -0.2) is 15.3 Å². The molecule has 1 N–H and O–H groups in total. The zero-order valence-electron chi connectivity index (χ0n) is 13.2. The van der Waals surface area contributed by atoms with Crippen molar-refractivity contribution in [1.82, 2.24) is 10.2 Å². The predicted molar refractivity (Wildman–Crippen MR) is 92.9 cm³/mol. The second-order valence-electron chi connectivity index (χ2n) is 5.71. The van der Waals surface area contributed by atoms with E-state index in [2.05, 4.69) is 22.8 Å². The van der Waals surface area contributed by atoms with Crippen molar-refractivity contribution in [2.45, 2.75) is 26.0 Å². The molecule has 0 fully saturated rings. The predicted octanol–water partition coefficient (Wildman–Crippen LogP) is 4.39. The Bertz CT molecular complexity index is 841. The fourth-order valence-electron chi connectivity index (χ4n) is 2.41. The summed E-state index contributed by atoms with van der Waals surface area (Å²) < 4.78 is 5.79. The van der Waals surface area contributed by atoms with Gasteiger partial charge in [-0.25, -0.2) is 0 Å². The van der Waals surface area contributed by atoms with Crippen molar-refractivity contribution < 1.29 is 9.52 Å². The van der Waals surface area contributed by atoms with Gasteiger partial charge in [0.05, 0.1) is 0 Å². The van der Waals surface area contributed by atoms with Crippen LogP contribution in [0.15, 0.2) is 40.8 Å². The highest BCUT2D eigenvalue weighted by Crippen LogP contribution is 2.34. The highest BCUT2D eigenvalue weighted by molar-refractivity contribution is 7.80. The Kier molecular flexibility index (Phi) is 4.13. The lowest BCUT2D eigenvalue weighted by atomic mass is 10.0. The topological polar surface area (TPSA) is 59.2 Å². The van der Waals surface area contributed by atoms with E-state index >= 15 is 0 Å². The van der Waals surface area contributed by atoms with Crippen LogP contribution in [-0.2, 0) is 0 Å². The molecule has 1 heterocycles. The summed E-state index contributed by atoms with van der Waals surface area (Å²) in [6.45, 7) is 5.81. The van der Waals surface area contributed by atoms with Crippen molar-refractivity contribution >= 4 is 12.6 Å². The van der Waals surface area contributed by atoms with Gasteiger partial charge in [0.25, 0.3) is 0 Å². The number of aryl methyl sites for hydroxylation is 3. The van der Waals surface area contributed by atoms with Crippen LogP contribution in [0.5, 0.6) is 5.75 Å². The first-order valence-corrected chi connectivity index (χ1v) is 7.86. The van der Waals surface area contributed by atoms with Crippen LogP contribution in [0.2, 0.25) is 0 Å². The molecule has 1 aromatic heterocycles. The third-order valence-corrected chi connectivity index (χ3v) is 4.35. The SMILES string of the molecule is Cc1ccc(-c2nnc(C(S)c3cc(C)c(O)cc3C)o2)cc1. The number of thiol groups is 1. The Morgan fingerprint density at radius 2 is 1.70 bits per heavy atom. The monoisotopic (exact) mass is 326 g/mol. The van der Waals surface area contributed by atoms with Gasteiger partial charge in [0.2, 0.25) is 11.8 Å². The van der Waals surface area contributed by atoms with E-state index < -0.39 is 0 Å². The molecule has 0 amide bonds. The molecule has 1 unspecified atom stereocenters. The fraction of sp³-hybridized carbons (Fsp3) is 0.222. The van der Waals surface area contributed by atoms with Gasteiger partial charge >= 0.3 is 0 Å². The van der Waals surface area contributed by atoms with E-state index in [0.29, 0.717) is 11.8 Å². The molecule has 0 bridgehead atoms. The normalized spacial score (nSPS) is 12.3. The molecule has 0 spiro atoms. The van der Waals surface area contributed by atoms with Gasteiger partial charge in [-0.2, -0.15) is 12.6 Å². The third kappa shape index (κ3) is 3.10. The minimum absolute atomic E-state index is 0.276. The maximum absolute atomic E-state index is 9.78. The standard InChI is InChI=1S/C18H18N2O2S/c1-10-4-6-13(7-5-10)17-19-20-18(22-17)16(23)14-8-12(3)15(21)9-11(14)2/h4-9,16,21,23H,1-3H3. The molecule has 23 heavy (non-hydrogen) atoms. The summed E-state index contributed by atoms with van der Waals surface area (Å²) in [4.78, 5) is 0. The summed E-state index contributed by atoms with van der Waals surface area (Å²) in [6, 6.07) is 11.5. The number of hydrogen-bond acceptors (Lipinski definition) is 5. The maximum atomic E-state index is 9.78. The Morgan fingerprint density at radius 1 is 1.00 bits per heavy atom. The van der Waals surface area contributed by atoms with Crippen LogP contribution >= 0.6 is 12.6 Å². The number of phenolic OH excluding ortho intramolecular Hbond substituents is 1. The molecule has 0 saturated carbocycles. The highest BCUT2D eigenvalue weighted by Gasteiger charge is 2.20. The second kappa shape index (κ2) is 6.08. The van der Waals surface area contributed by atoms with Crippen molar-refractivity contribution in [1.29, 1.82) is 0 Å². The third-order valence-electron chi connectivity index (χ3n) is 3.85. The molecule has 2 aromatic carbocycles. The van der Waals surface area contributed by atoms with Crippen LogP contribution in [0.25, 0.3) is 11.5 Å². The van der Waals surface area contributed by atoms with Gasteiger partial charge in [-0.15, -0.1) is 10.2 Å². The van der Waals surface area contributed by atoms with Crippen LogP contribution < -0.4 is 0 Å². The minimum Gasteiger partial charge on any atom is -0.508 e. The van der Waals surface area contributed by atoms with Crippen molar-refractivity contribution in [3.05, 3.63) is 64.5 Å². The van der Waals surface area contributed by atoms with Gasteiger partial charge in [0, 0.05) is 5.56 Å². The van der Waals surface area contributed by atoms with E-state index in [1.807, 2.05) is 51.1 Å². The lowest BCUT2D eigenvalue weighted by molar-refractivity contribution is 0.470. The molecule has 0 radical (unpaired) electrons. The largest absolute Gasteiger partial charge is 0.508 e. The van der Waals surface area contributed by atoms with Crippen LogP contribution in [0.3, 0.4) is 0 Å². The van der Waals surface area contributed by atoms with Crippen molar-refractivity contribution in [3.63, 3.8) is 0 Å². The van der Waals surface area contributed by atoms with E-state index in [0.717, 1.165) is 22.3 Å². The minimum atomic E-state index is -0.332. The lowest BCUT2D eigenvalue weighted by Crippen LogP contribution is -1.98. The maximum Gasteiger partial charge on any atom is 0.247 e. The van der Waals surface area contributed by atoms with Crippen molar-refractivity contribution in [2.24, 2.45) is 0 Å². The van der Waals surface area contributed by atoms with Gasteiger partial charge in [-0.1, -0.05) is 23.8 Å². The quantitative estimate of drug-likeness (QED) is 0.701. The molecule has 0 aliphatic carbocycles. The summed E-state index contributed by atoms with van der Waals surface area (Å²) in [7, 11) is 0. The molecule has 118 valence electrons. The van der Waals surface area contributed by atoms with Gasteiger partial charge in [-0.3, -0.25) is 0 Å². The van der Waals surface area contributed by atoms with Gasteiger partial charge in [0.1, 0.15) is 11.0 Å². The number of hydrogen-bond donors (Lipinski definition) is 2. The van der Waals surface area contributed by atoms with Crippen LogP contribution in [0, 0.1) is 20.8 Å². The van der Waals surface area contributed by atoms with Gasteiger partial charge in [0.15, 0.2) is 0 Å². The molecule has 3 aromatic rings. The van der Waals surface area contributed by atoms with E-state index in [9.17, 15) is 5.11 Å². The molecule has 0 aliphatic heterocycles. The number of nitrogens with zero attached hydrogens (tertiary/aromatic N) is 2. The number of aromatic hydroxyl groups is 1. The second-order valence-corrected chi connectivity index (χ2v) is 6.23. The van der Waals surface area contributed by atoms with Crippen molar-refractivity contribution in [2.75, 3.05) is 0 Å². The summed E-state index contributed by atoms with van der Waals surface area (Å²) in [5, 5.41) is 17.7. The summed E-state index contributed by atoms with van der Waals surface area (Å²) in [6.07, 6.45) is 0. The summed E-state index contributed by atoms with van der Waals surface area (Å²) >= 11 is 4.62. The van der Waals surface area contributed by atoms with Crippen LogP contribution in [0.4, 0.5) is 0 Å². The molecular weight excluding hydrogens is 308 g/mol. The summed E-state index contributed by atoms with van der Waals surface area (Å²) in [5.74, 6) is 1.20. The first kappa shape index (κ1) is 15.6. The average molecular weight is 326 g/mol. The van der Waals surface area contributed by atoms with E-state index in [-0.39, 0.29) is 11.0 Å². The van der Waals surface area contributed by atoms with E-state index in [1.54, 1.807) is 6.07 Å². The fourth-order valence-corrected chi connectivity index (χ4v) is 2.79. The Hall–Kier alpha value is -2.27. The zero-order valence-corrected chi connectivity index (χ0v) is 14.1. The zero-order chi connectivity index (χ0) is 16.6. The summed E-state index contributed by atoms with van der Waals surface area (Å²) in [5.41, 5.74) is 4.73. The number of rotatable bonds is 3. The first-order valence-electron chi connectivity index (χ1n) is 7.34. The van der Waals surface area contributed by atoms with E-state index in [1.165, 1.54) is 5.56 Å². The molecule has 5 heteroatoms. The molecule has 0 aliphatic rings. The molecule has 0 saturated heterocycles. The number of benzene rings is 2. The Labute approximate surface area is 140 Å².